The molecule has 0 N–H and O–H groups in total. The van der Waals surface area contributed by atoms with Gasteiger partial charge in [0, 0.05) is 7.05 Å². The molecule has 0 bridgehead atoms. The summed E-state index contributed by atoms with van der Waals surface area (Å²) in [5, 5.41) is 0. The Hall–Kier alpha value is -3.13. The lowest BCUT2D eigenvalue weighted by Gasteiger charge is -2.19. The molecule has 0 saturated heterocycles. The van der Waals surface area contributed by atoms with Gasteiger partial charge in [0.1, 0.15) is 5.76 Å². The molecular formula is C21H22N2O5S. The first-order valence-corrected chi connectivity index (χ1v) is 10.4. The number of carbonyl (C=O) groups is 1. The number of oxazole rings is 1. The van der Waals surface area contributed by atoms with E-state index in [1.807, 2.05) is 13.8 Å². The maximum atomic E-state index is 12.8. The summed E-state index contributed by atoms with van der Waals surface area (Å²) >= 11 is 0. The van der Waals surface area contributed by atoms with Crippen molar-refractivity contribution in [1.29, 1.82) is 0 Å². The van der Waals surface area contributed by atoms with E-state index in [0.29, 0.717) is 22.9 Å². The third-order valence-electron chi connectivity index (χ3n) is 4.55. The summed E-state index contributed by atoms with van der Waals surface area (Å²) in [6.45, 7) is 5.41. The van der Waals surface area contributed by atoms with Crippen molar-refractivity contribution >= 4 is 21.7 Å². The molecule has 0 unspecified atom stereocenters. The predicted molar refractivity (Wildman–Crippen MR) is 108 cm³/mol. The lowest BCUT2D eigenvalue weighted by atomic mass is 10.2. The molecular weight excluding hydrogens is 392 g/mol. The first kappa shape index (κ1) is 20.6. The van der Waals surface area contributed by atoms with Gasteiger partial charge in [-0.1, -0.05) is 17.7 Å². The zero-order valence-corrected chi connectivity index (χ0v) is 17.5. The summed E-state index contributed by atoms with van der Waals surface area (Å²) in [6.07, 6.45) is 0. The average Bonchev–Trinajstić information content (AvgIpc) is 3.03. The number of sulfonamides is 1. The number of aryl methyl sites for hydroxylation is 3. The predicted octanol–water partition coefficient (Wildman–Crippen LogP) is 3.78. The Bertz CT molecular complexity index is 1100. The molecule has 0 atom stereocenters. The van der Waals surface area contributed by atoms with Crippen molar-refractivity contribution in [3.05, 3.63) is 77.0 Å². The number of carbonyl (C=O) groups excluding carboxylic acids is 1. The summed E-state index contributed by atoms with van der Waals surface area (Å²) in [5.41, 5.74) is 2.46. The number of aromatic nitrogens is 1. The van der Waals surface area contributed by atoms with Crippen LogP contribution >= 0.6 is 0 Å². The van der Waals surface area contributed by atoms with Crippen LogP contribution in [-0.4, -0.2) is 26.4 Å². The van der Waals surface area contributed by atoms with Crippen LogP contribution in [0.5, 0.6) is 0 Å². The SMILES string of the molecule is Cc1ccc(S(=O)(=O)N(C)c2ccc(C(=O)OCc3nc(C)c(C)o3)cc2)cc1. The minimum Gasteiger partial charge on any atom is -0.452 e. The zero-order chi connectivity index (χ0) is 21.2. The fourth-order valence-corrected chi connectivity index (χ4v) is 3.82. The van der Waals surface area contributed by atoms with Gasteiger partial charge in [-0.15, -0.1) is 0 Å². The van der Waals surface area contributed by atoms with Gasteiger partial charge in [-0.3, -0.25) is 4.31 Å². The number of nitrogens with zero attached hydrogens (tertiary/aromatic N) is 2. The molecule has 0 spiro atoms. The molecule has 0 amide bonds. The Morgan fingerprint density at radius 3 is 2.21 bits per heavy atom. The van der Waals surface area contributed by atoms with Crippen LogP contribution in [0.25, 0.3) is 0 Å². The van der Waals surface area contributed by atoms with Gasteiger partial charge in [0.05, 0.1) is 21.8 Å². The Balaban J connectivity index is 1.70. The fraction of sp³-hybridized carbons (Fsp3) is 0.238. The molecule has 0 aliphatic carbocycles. The number of esters is 1. The summed E-state index contributed by atoms with van der Waals surface area (Å²) in [7, 11) is -2.23. The molecule has 8 heteroatoms. The Morgan fingerprint density at radius 2 is 1.66 bits per heavy atom. The average molecular weight is 414 g/mol. The Morgan fingerprint density at radius 1 is 1.03 bits per heavy atom. The van der Waals surface area contributed by atoms with Gasteiger partial charge in [-0.2, -0.15) is 0 Å². The van der Waals surface area contributed by atoms with Crippen LogP contribution in [0.4, 0.5) is 5.69 Å². The number of anilines is 1. The molecule has 2 aromatic carbocycles. The molecule has 3 aromatic rings. The van der Waals surface area contributed by atoms with E-state index < -0.39 is 16.0 Å². The second kappa shape index (κ2) is 8.08. The van der Waals surface area contributed by atoms with E-state index in [4.69, 9.17) is 9.15 Å². The fourth-order valence-electron chi connectivity index (χ4n) is 2.63. The van der Waals surface area contributed by atoms with E-state index in [1.165, 1.54) is 23.5 Å². The molecule has 1 heterocycles. The highest BCUT2D eigenvalue weighted by Gasteiger charge is 2.21. The molecule has 0 saturated carbocycles. The van der Waals surface area contributed by atoms with Crippen molar-refractivity contribution in [3.8, 4) is 0 Å². The van der Waals surface area contributed by atoms with Gasteiger partial charge in [0.15, 0.2) is 6.61 Å². The van der Waals surface area contributed by atoms with Crippen molar-refractivity contribution in [3.63, 3.8) is 0 Å². The van der Waals surface area contributed by atoms with E-state index in [-0.39, 0.29) is 11.5 Å². The molecule has 0 aliphatic heterocycles. The topological polar surface area (TPSA) is 89.7 Å². The van der Waals surface area contributed by atoms with Gasteiger partial charge in [0.25, 0.3) is 10.0 Å². The normalized spacial score (nSPS) is 11.3. The van der Waals surface area contributed by atoms with Crippen LogP contribution in [0, 0.1) is 20.8 Å². The zero-order valence-electron chi connectivity index (χ0n) is 16.7. The van der Waals surface area contributed by atoms with E-state index in [9.17, 15) is 13.2 Å². The van der Waals surface area contributed by atoms with Crippen LogP contribution in [0.15, 0.2) is 57.8 Å². The lowest BCUT2D eigenvalue weighted by Crippen LogP contribution is -2.26. The molecule has 7 nitrogen and oxygen atoms in total. The van der Waals surface area contributed by atoms with Crippen molar-refractivity contribution in [1.82, 2.24) is 4.98 Å². The van der Waals surface area contributed by atoms with Gasteiger partial charge < -0.3 is 9.15 Å². The second-order valence-corrected chi connectivity index (χ2v) is 8.63. The van der Waals surface area contributed by atoms with E-state index >= 15 is 0 Å². The minimum atomic E-state index is -3.69. The van der Waals surface area contributed by atoms with Gasteiger partial charge in [-0.25, -0.2) is 18.2 Å². The first-order chi connectivity index (χ1) is 13.7. The highest BCUT2D eigenvalue weighted by Crippen LogP contribution is 2.23. The van der Waals surface area contributed by atoms with Crippen LogP contribution < -0.4 is 4.31 Å². The summed E-state index contributed by atoms with van der Waals surface area (Å²) in [4.78, 5) is 16.6. The molecule has 0 fully saturated rings. The highest BCUT2D eigenvalue weighted by atomic mass is 32.2. The maximum absolute atomic E-state index is 12.8. The van der Waals surface area contributed by atoms with Crippen molar-refractivity contribution in [2.45, 2.75) is 32.3 Å². The molecule has 152 valence electrons. The molecule has 3 rings (SSSR count). The number of benzene rings is 2. The van der Waals surface area contributed by atoms with Gasteiger partial charge in [-0.05, 0) is 57.2 Å². The van der Waals surface area contributed by atoms with Crippen molar-refractivity contribution in [2.24, 2.45) is 0 Å². The maximum Gasteiger partial charge on any atom is 0.338 e. The standard InChI is InChI=1S/C21H22N2O5S/c1-14-5-11-19(12-6-14)29(25,26)23(4)18-9-7-17(8-10-18)21(24)27-13-20-22-15(2)16(3)28-20/h5-12H,13H2,1-4H3. The molecule has 29 heavy (non-hydrogen) atoms. The van der Waals surface area contributed by atoms with Gasteiger partial charge in [0.2, 0.25) is 5.89 Å². The smallest absolute Gasteiger partial charge is 0.338 e. The van der Waals surface area contributed by atoms with E-state index in [2.05, 4.69) is 4.98 Å². The van der Waals surface area contributed by atoms with E-state index in [1.54, 1.807) is 43.3 Å². The Kier molecular flexibility index (Phi) is 5.74. The monoisotopic (exact) mass is 414 g/mol. The summed E-state index contributed by atoms with van der Waals surface area (Å²) in [5.74, 6) is 0.459. The van der Waals surface area contributed by atoms with Crippen LogP contribution in [0.1, 0.15) is 33.3 Å². The quantitative estimate of drug-likeness (QED) is 0.570. The second-order valence-electron chi connectivity index (χ2n) is 6.66. The molecule has 0 radical (unpaired) electrons. The summed E-state index contributed by atoms with van der Waals surface area (Å²) < 4.78 is 37.3. The largest absolute Gasteiger partial charge is 0.452 e. The van der Waals surface area contributed by atoms with Crippen LogP contribution in [0.3, 0.4) is 0 Å². The van der Waals surface area contributed by atoms with Crippen LogP contribution in [0.2, 0.25) is 0 Å². The number of ether oxygens (including phenoxy) is 1. The van der Waals surface area contributed by atoms with Crippen molar-refractivity contribution in [2.75, 3.05) is 11.4 Å². The van der Waals surface area contributed by atoms with Crippen molar-refractivity contribution < 1.29 is 22.4 Å². The lowest BCUT2D eigenvalue weighted by molar-refractivity contribution is 0.0437. The molecule has 1 aromatic heterocycles. The van der Waals surface area contributed by atoms with Gasteiger partial charge >= 0.3 is 5.97 Å². The molecule has 0 aliphatic rings. The number of rotatable bonds is 6. The highest BCUT2D eigenvalue weighted by molar-refractivity contribution is 7.92. The number of hydrogen-bond donors (Lipinski definition) is 0. The first-order valence-electron chi connectivity index (χ1n) is 8.94. The third-order valence-corrected chi connectivity index (χ3v) is 6.35. The van der Waals surface area contributed by atoms with E-state index in [0.717, 1.165) is 11.3 Å². The number of hydrogen-bond acceptors (Lipinski definition) is 6. The minimum absolute atomic E-state index is 0.0724. The summed E-state index contributed by atoms with van der Waals surface area (Å²) in [6, 6.07) is 12.8. The Labute approximate surface area is 170 Å². The third kappa shape index (κ3) is 4.48. The van der Waals surface area contributed by atoms with Crippen LogP contribution in [-0.2, 0) is 21.4 Å².